The van der Waals surface area contributed by atoms with Crippen LogP contribution in [0.3, 0.4) is 0 Å². The summed E-state index contributed by atoms with van der Waals surface area (Å²) in [5.41, 5.74) is -2.98. The number of methoxy groups -OCH3 is 3. The number of aliphatic hydroxyl groups is 7. The molecule has 10 aliphatic rings. The Morgan fingerprint density at radius 1 is 0.667 bits per heavy atom. The van der Waals surface area contributed by atoms with E-state index in [9.17, 15) is 50.8 Å². The third-order valence-electron chi connectivity index (χ3n) is 18.4. The second kappa shape index (κ2) is 25.3. The SMILES string of the molecule is COC[C@H]1O[C@@H](O[C@H]2OC[C@@H]3O[C@]4(O[C@H]3[C@H]2O)O[C@H](C)[C@@](O)(C(C)O)[C@@H]2OCO[C@H]24)[C@@H](OC)[C@@H](O)[C@@H]1O[C@@H]1O[C@H](C)[C@H](OC)[C@H](O[C@H]2C[C@@]3(C)OC4(C[C@@H](O)[C@H](O[C@H]5C[C@@H](O)[C@H](OC(=O)c6c(C)cc(O)cc6O)[C@@H](C)O5)[C@@H](C)O4)O[C@@H]3[C@@H](C)O2)[C@H]1O. The number of carbonyl (C=O) groups is 1. The number of aliphatic hydroxyl groups excluding tert-OH is 6. The average Bonchev–Trinajstić information content (AvgIpc) is 1.62. The molecular weight excluding hydrogens is 1170 g/mol. The lowest BCUT2D eigenvalue weighted by molar-refractivity contribution is -0.439. The number of aromatic hydroxyl groups is 2. The second-order valence-corrected chi connectivity index (χ2v) is 24.5. The van der Waals surface area contributed by atoms with Crippen molar-refractivity contribution in [3.05, 3.63) is 23.3 Å². The van der Waals surface area contributed by atoms with Gasteiger partial charge in [-0.25, -0.2) is 4.79 Å². The van der Waals surface area contributed by atoms with Crippen LogP contribution in [0.2, 0.25) is 0 Å². The van der Waals surface area contributed by atoms with Crippen molar-refractivity contribution in [1.82, 2.24) is 0 Å². The van der Waals surface area contributed by atoms with Crippen LogP contribution in [0.15, 0.2) is 12.1 Å². The minimum absolute atomic E-state index is 0.0236. The van der Waals surface area contributed by atoms with Crippen LogP contribution >= 0.6 is 0 Å². The molecule has 2 unspecified atom stereocenters. The van der Waals surface area contributed by atoms with Gasteiger partial charge in [0.25, 0.3) is 5.97 Å². The van der Waals surface area contributed by atoms with Gasteiger partial charge in [0.1, 0.15) is 114 Å². The van der Waals surface area contributed by atoms with Crippen LogP contribution in [0.5, 0.6) is 11.5 Å². The average molecular weight is 1250 g/mol. The first-order valence-corrected chi connectivity index (χ1v) is 29.4. The first-order valence-electron chi connectivity index (χ1n) is 29.4. The van der Waals surface area contributed by atoms with Crippen molar-refractivity contribution >= 4 is 5.97 Å². The number of hydrogen-bond donors (Lipinski definition) is 9. The van der Waals surface area contributed by atoms with E-state index in [1.807, 2.05) is 0 Å². The first kappa shape index (κ1) is 65.7. The summed E-state index contributed by atoms with van der Waals surface area (Å²) in [7, 11) is 4.12. The maximum atomic E-state index is 13.1. The molecule has 10 fully saturated rings. The number of phenolic OH excluding ortho intramolecular Hbond substituents is 2. The van der Waals surface area contributed by atoms with Crippen molar-refractivity contribution in [2.24, 2.45) is 0 Å². The standard InChI is InChI=1S/C56H84O31/c1-20-12-27(58)13-28(59)35(20)49(65)79-39-21(2)73-33(14-29(39)60)77-40-23(4)82-54(15-30(40)61)86-46-24(5)74-34(16-53(46,8)87-54)78-44-38(64)51(75-22(3)41(44)68-10)80-42-31(17-67-9)76-52(45(69-11)36(42)62)81-50-37(63)43-32(18-70-50)84-56(85-43)48-47(71-19-72-48)55(66,25(6)57)26(7)83-56/h12-13,21-26,29-34,36-48,50-52,57-64,66H,14-19H2,1-11H3/t21-,22-,23-,24-,25?,26-,29-,30-,31-,32+,33+,34+,36+,37-,38-,39-,40-,41+,42-,43-,44-,45+,46-,47-,48-,50-,51+,52+,53-,54?,55+,56-/m1/s1. The summed E-state index contributed by atoms with van der Waals surface area (Å²) in [6.45, 7) is 12.2. The molecule has 2 spiro atoms. The zero-order chi connectivity index (χ0) is 62.6. The van der Waals surface area contributed by atoms with Gasteiger partial charge in [-0.3, -0.25) is 0 Å². The summed E-state index contributed by atoms with van der Waals surface area (Å²) < 4.78 is 129. The van der Waals surface area contributed by atoms with Gasteiger partial charge in [0.05, 0.1) is 68.5 Å². The van der Waals surface area contributed by atoms with Crippen LogP contribution in [-0.4, -0.2) is 288 Å². The molecule has 0 amide bonds. The van der Waals surface area contributed by atoms with E-state index in [-0.39, 0.29) is 56.1 Å². The minimum atomic E-state index is -1.97. The smallest absolute Gasteiger partial charge is 0.342 e. The number of esters is 1. The van der Waals surface area contributed by atoms with Gasteiger partial charge in [-0.15, -0.1) is 0 Å². The van der Waals surface area contributed by atoms with Gasteiger partial charge in [-0.05, 0) is 67.0 Å². The van der Waals surface area contributed by atoms with Crippen molar-refractivity contribution in [2.75, 3.05) is 41.3 Å². The Bertz CT molecular complexity index is 2500. The van der Waals surface area contributed by atoms with Gasteiger partial charge in [0, 0.05) is 40.2 Å². The number of hydrogen-bond acceptors (Lipinski definition) is 31. The van der Waals surface area contributed by atoms with Gasteiger partial charge >= 0.3 is 11.9 Å². The zero-order valence-electron chi connectivity index (χ0n) is 50.1. The highest BCUT2D eigenvalue weighted by molar-refractivity contribution is 5.94. The summed E-state index contributed by atoms with van der Waals surface area (Å²) in [6, 6.07) is 2.30. The Morgan fingerprint density at radius 3 is 2.05 bits per heavy atom. The molecule has 87 heavy (non-hydrogen) atoms. The highest BCUT2D eigenvalue weighted by atomic mass is 16.9. The van der Waals surface area contributed by atoms with E-state index in [2.05, 4.69) is 0 Å². The van der Waals surface area contributed by atoms with Crippen LogP contribution < -0.4 is 0 Å². The molecule has 494 valence electrons. The third kappa shape index (κ3) is 12.0. The van der Waals surface area contributed by atoms with Gasteiger partial charge in [-0.1, -0.05) is 0 Å². The molecule has 10 heterocycles. The molecule has 0 saturated carbocycles. The van der Waals surface area contributed by atoms with Crippen molar-refractivity contribution < 1.29 is 150 Å². The normalized spacial score (nSPS) is 51.0. The maximum absolute atomic E-state index is 13.1. The maximum Gasteiger partial charge on any atom is 0.342 e. The van der Waals surface area contributed by atoms with E-state index in [0.717, 1.165) is 6.07 Å². The Labute approximate surface area is 500 Å². The van der Waals surface area contributed by atoms with Crippen LogP contribution in [0, 0.1) is 6.92 Å². The van der Waals surface area contributed by atoms with E-state index in [0.29, 0.717) is 0 Å². The van der Waals surface area contributed by atoms with Crippen molar-refractivity contribution in [1.29, 1.82) is 0 Å². The van der Waals surface area contributed by atoms with Gasteiger partial charge in [0.2, 0.25) is 0 Å². The van der Waals surface area contributed by atoms with Crippen LogP contribution in [-0.2, 0) is 99.5 Å². The molecule has 31 heteroatoms. The number of carbonyl (C=O) groups excluding carboxylic acids is 1. The lowest BCUT2D eigenvalue weighted by atomic mass is 9.80. The molecule has 0 radical (unpaired) electrons. The number of ether oxygens (including phenoxy) is 21. The number of benzene rings is 1. The number of aryl methyl sites for hydroxylation is 1. The van der Waals surface area contributed by atoms with Crippen LogP contribution in [0.25, 0.3) is 0 Å². The summed E-state index contributed by atoms with van der Waals surface area (Å²) >= 11 is 0. The monoisotopic (exact) mass is 1250 g/mol. The van der Waals surface area contributed by atoms with Crippen LogP contribution in [0.1, 0.15) is 83.7 Å². The topological polar surface area (TPSA) is 393 Å². The quantitative estimate of drug-likeness (QED) is 0.0860. The largest absolute Gasteiger partial charge is 0.508 e. The van der Waals surface area contributed by atoms with Crippen molar-refractivity contribution in [3.8, 4) is 11.5 Å². The molecule has 10 saturated heterocycles. The van der Waals surface area contributed by atoms with E-state index in [1.54, 1.807) is 34.6 Å². The second-order valence-electron chi connectivity index (χ2n) is 24.5. The van der Waals surface area contributed by atoms with E-state index in [4.69, 9.17) is 99.5 Å². The van der Waals surface area contributed by atoms with E-state index >= 15 is 0 Å². The summed E-state index contributed by atoms with van der Waals surface area (Å²) in [5.74, 6) is -5.41. The molecule has 32 atom stereocenters. The van der Waals surface area contributed by atoms with Gasteiger partial charge in [0.15, 0.2) is 43.7 Å². The third-order valence-corrected chi connectivity index (χ3v) is 18.4. The van der Waals surface area contributed by atoms with E-state index in [1.165, 1.54) is 48.2 Å². The van der Waals surface area contributed by atoms with Crippen LogP contribution in [0.4, 0.5) is 0 Å². The van der Waals surface area contributed by atoms with Crippen molar-refractivity contribution in [3.63, 3.8) is 0 Å². The Hall–Kier alpha value is -2.79. The minimum Gasteiger partial charge on any atom is -0.508 e. The highest BCUT2D eigenvalue weighted by Gasteiger charge is 2.72. The summed E-state index contributed by atoms with van der Waals surface area (Å²) in [6.07, 6.45) is -33.0. The Kier molecular flexibility index (Phi) is 19.1. The molecule has 1 aromatic rings. The fourth-order valence-corrected chi connectivity index (χ4v) is 14.1. The van der Waals surface area contributed by atoms with Crippen molar-refractivity contribution in [2.45, 2.75) is 270 Å². The lowest BCUT2D eigenvalue weighted by Crippen LogP contribution is -2.72. The molecular formula is C56H84O31. The molecule has 0 aromatic heterocycles. The molecule has 10 aliphatic heterocycles. The number of phenols is 2. The highest BCUT2D eigenvalue weighted by Crippen LogP contribution is 2.53. The fourth-order valence-electron chi connectivity index (χ4n) is 14.1. The molecule has 1 aromatic carbocycles. The summed E-state index contributed by atoms with van der Waals surface area (Å²) in [4.78, 5) is 13.1. The van der Waals surface area contributed by atoms with E-state index < -0.39 is 207 Å². The fraction of sp³-hybridized carbons (Fsp3) is 0.875. The molecule has 0 aliphatic carbocycles. The Morgan fingerprint density at radius 2 is 1.37 bits per heavy atom. The zero-order valence-corrected chi connectivity index (χ0v) is 50.1. The van der Waals surface area contributed by atoms with Gasteiger partial charge in [-0.2, -0.15) is 0 Å². The van der Waals surface area contributed by atoms with Gasteiger partial charge < -0.3 is 145 Å². The molecule has 11 rings (SSSR count). The lowest BCUT2D eigenvalue weighted by Gasteiger charge is -2.51. The Balaban J connectivity index is 0.702. The predicted octanol–water partition coefficient (Wildman–Crippen LogP) is -1.97. The summed E-state index contributed by atoms with van der Waals surface area (Å²) in [5, 5.41) is 101. The molecule has 0 bridgehead atoms. The predicted molar refractivity (Wildman–Crippen MR) is 280 cm³/mol. The molecule has 31 nitrogen and oxygen atoms in total. The molecule has 9 N–H and O–H groups in total. The number of rotatable bonds is 15. The number of fused-ring (bicyclic) bond motifs is 4. The first-order chi connectivity index (χ1) is 41.2.